The Kier molecular flexibility index (Phi) is 4.17. The number of aromatic nitrogens is 2. The van der Waals surface area contributed by atoms with Crippen LogP contribution in [0.15, 0.2) is 11.1 Å². The molecule has 0 saturated heterocycles. The zero-order valence-corrected chi connectivity index (χ0v) is 12.0. The van der Waals surface area contributed by atoms with E-state index in [0.717, 1.165) is 6.42 Å². The van der Waals surface area contributed by atoms with Gasteiger partial charge in [-0.05, 0) is 34.4 Å². The van der Waals surface area contributed by atoms with Crippen LogP contribution in [-0.2, 0) is 6.54 Å². The molecular weight excluding hydrogens is 326 g/mol. The van der Waals surface area contributed by atoms with Gasteiger partial charge < -0.3 is 0 Å². The fraction of sp³-hybridized carbons (Fsp3) is 0.600. The third-order valence-corrected chi connectivity index (χ3v) is 3.62. The normalized spacial score (nSPS) is 11.8. The molecule has 0 unspecified atom stereocenters. The SMILES string of the molecule is CC(C)(C)CCn1cnc(Cl)c(I)c1=O. The molecule has 0 spiro atoms. The van der Waals surface area contributed by atoms with Crippen LogP contribution in [0.4, 0.5) is 0 Å². The minimum atomic E-state index is -0.0557. The molecule has 1 heterocycles. The molecule has 0 N–H and O–H groups in total. The van der Waals surface area contributed by atoms with Crippen LogP contribution in [0, 0.1) is 8.99 Å². The Labute approximate surface area is 108 Å². The van der Waals surface area contributed by atoms with E-state index in [1.807, 2.05) is 22.6 Å². The van der Waals surface area contributed by atoms with Crippen molar-refractivity contribution in [3.05, 3.63) is 25.4 Å². The molecule has 0 bridgehead atoms. The van der Waals surface area contributed by atoms with Gasteiger partial charge in [0.25, 0.3) is 5.56 Å². The van der Waals surface area contributed by atoms with Gasteiger partial charge in [0.2, 0.25) is 0 Å². The van der Waals surface area contributed by atoms with Gasteiger partial charge >= 0.3 is 0 Å². The van der Waals surface area contributed by atoms with Gasteiger partial charge in [0.1, 0.15) is 8.72 Å². The van der Waals surface area contributed by atoms with Crippen LogP contribution in [0.1, 0.15) is 27.2 Å². The van der Waals surface area contributed by atoms with Crippen LogP contribution in [0.2, 0.25) is 5.15 Å². The first kappa shape index (κ1) is 13.0. The summed E-state index contributed by atoms with van der Waals surface area (Å²) >= 11 is 7.67. The molecule has 1 aromatic rings. The minimum Gasteiger partial charge on any atom is -0.298 e. The van der Waals surface area contributed by atoms with Crippen molar-refractivity contribution < 1.29 is 0 Å². The fourth-order valence-corrected chi connectivity index (χ4v) is 1.63. The Bertz CT molecular complexity index is 409. The van der Waals surface area contributed by atoms with E-state index in [1.165, 1.54) is 6.33 Å². The average molecular weight is 341 g/mol. The summed E-state index contributed by atoms with van der Waals surface area (Å²) in [7, 11) is 0. The highest BCUT2D eigenvalue weighted by molar-refractivity contribution is 14.1. The summed E-state index contributed by atoms with van der Waals surface area (Å²) in [5.74, 6) is 0. The number of aryl methyl sites for hydroxylation is 1. The second-order valence-corrected chi connectivity index (χ2v) is 6.10. The Balaban J connectivity index is 2.89. The van der Waals surface area contributed by atoms with E-state index in [-0.39, 0.29) is 16.1 Å². The summed E-state index contributed by atoms with van der Waals surface area (Å²) in [5.41, 5.74) is 0.157. The second kappa shape index (κ2) is 4.82. The fourth-order valence-electron chi connectivity index (χ4n) is 1.06. The van der Waals surface area contributed by atoms with Crippen molar-refractivity contribution >= 4 is 34.2 Å². The summed E-state index contributed by atoms with van der Waals surface area (Å²) < 4.78 is 2.10. The van der Waals surface area contributed by atoms with Gasteiger partial charge in [0.05, 0.1) is 6.33 Å². The first-order chi connectivity index (χ1) is 6.81. The maximum atomic E-state index is 11.7. The molecule has 5 heteroatoms. The summed E-state index contributed by atoms with van der Waals surface area (Å²) in [6.07, 6.45) is 2.45. The molecular formula is C10H14ClIN2O. The summed E-state index contributed by atoms with van der Waals surface area (Å²) in [5, 5.41) is 0.285. The van der Waals surface area contributed by atoms with E-state index in [0.29, 0.717) is 10.1 Å². The minimum absolute atomic E-state index is 0.0557. The number of hydrogen-bond acceptors (Lipinski definition) is 2. The van der Waals surface area contributed by atoms with E-state index in [9.17, 15) is 4.79 Å². The molecule has 0 fully saturated rings. The van der Waals surface area contributed by atoms with Crippen molar-refractivity contribution in [1.29, 1.82) is 0 Å². The van der Waals surface area contributed by atoms with E-state index >= 15 is 0 Å². The van der Waals surface area contributed by atoms with Crippen molar-refractivity contribution in [2.24, 2.45) is 5.41 Å². The third-order valence-electron chi connectivity index (χ3n) is 2.04. The number of hydrogen-bond donors (Lipinski definition) is 0. The van der Waals surface area contributed by atoms with Gasteiger partial charge in [-0.25, -0.2) is 4.98 Å². The molecule has 1 aromatic heterocycles. The highest BCUT2D eigenvalue weighted by Crippen LogP contribution is 2.19. The molecule has 0 amide bonds. The second-order valence-electron chi connectivity index (χ2n) is 4.66. The quantitative estimate of drug-likeness (QED) is 0.613. The molecule has 3 nitrogen and oxygen atoms in total. The Morgan fingerprint density at radius 3 is 2.67 bits per heavy atom. The maximum absolute atomic E-state index is 11.7. The largest absolute Gasteiger partial charge is 0.298 e. The molecule has 0 aliphatic rings. The third kappa shape index (κ3) is 3.75. The predicted octanol–water partition coefficient (Wildman–Crippen LogP) is 2.94. The van der Waals surface area contributed by atoms with Crippen LogP contribution in [-0.4, -0.2) is 9.55 Å². The predicted molar refractivity (Wildman–Crippen MR) is 70.3 cm³/mol. The van der Waals surface area contributed by atoms with Crippen molar-refractivity contribution in [2.45, 2.75) is 33.7 Å². The van der Waals surface area contributed by atoms with E-state index in [4.69, 9.17) is 11.6 Å². The number of nitrogens with zero attached hydrogens (tertiary/aromatic N) is 2. The highest BCUT2D eigenvalue weighted by atomic mass is 127. The first-order valence-electron chi connectivity index (χ1n) is 4.72. The van der Waals surface area contributed by atoms with Crippen LogP contribution >= 0.6 is 34.2 Å². The lowest BCUT2D eigenvalue weighted by Crippen LogP contribution is -2.25. The molecule has 0 atom stereocenters. The first-order valence-corrected chi connectivity index (χ1v) is 6.17. The Morgan fingerprint density at radius 1 is 1.53 bits per heavy atom. The zero-order valence-electron chi connectivity index (χ0n) is 9.05. The molecule has 1 rings (SSSR count). The van der Waals surface area contributed by atoms with Gasteiger partial charge in [-0.15, -0.1) is 0 Å². The molecule has 0 radical (unpaired) electrons. The molecule has 0 saturated carbocycles. The van der Waals surface area contributed by atoms with Crippen molar-refractivity contribution in [2.75, 3.05) is 0 Å². The van der Waals surface area contributed by atoms with Crippen LogP contribution in [0.3, 0.4) is 0 Å². The molecule has 0 aliphatic heterocycles. The molecule has 0 aliphatic carbocycles. The highest BCUT2D eigenvalue weighted by Gasteiger charge is 2.12. The van der Waals surface area contributed by atoms with Gasteiger partial charge in [0, 0.05) is 6.54 Å². The lowest BCUT2D eigenvalue weighted by molar-refractivity contribution is 0.346. The van der Waals surface area contributed by atoms with E-state index in [1.54, 1.807) is 4.57 Å². The Morgan fingerprint density at radius 2 is 2.13 bits per heavy atom. The van der Waals surface area contributed by atoms with Crippen molar-refractivity contribution in [3.63, 3.8) is 0 Å². The average Bonchev–Trinajstić information content (AvgIpc) is 2.12. The van der Waals surface area contributed by atoms with Gasteiger partial charge in [-0.3, -0.25) is 9.36 Å². The maximum Gasteiger partial charge on any atom is 0.268 e. The smallest absolute Gasteiger partial charge is 0.268 e. The van der Waals surface area contributed by atoms with Crippen LogP contribution < -0.4 is 5.56 Å². The van der Waals surface area contributed by atoms with E-state index < -0.39 is 0 Å². The van der Waals surface area contributed by atoms with Crippen LogP contribution in [0.5, 0.6) is 0 Å². The molecule has 0 aromatic carbocycles. The molecule has 15 heavy (non-hydrogen) atoms. The summed E-state index contributed by atoms with van der Waals surface area (Å²) in [6.45, 7) is 7.12. The zero-order chi connectivity index (χ0) is 11.6. The van der Waals surface area contributed by atoms with Gasteiger partial charge in [-0.1, -0.05) is 32.4 Å². The van der Waals surface area contributed by atoms with Crippen LogP contribution in [0.25, 0.3) is 0 Å². The number of rotatable bonds is 2. The lowest BCUT2D eigenvalue weighted by Gasteiger charge is -2.18. The number of halogens is 2. The van der Waals surface area contributed by atoms with Crippen molar-refractivity contribution in [1.82, 2.24) is 9.55 Å². The monoisotopic (exact) mass is 340 g/mol. The Hall–Kier alpha value is -0.100. The van der Waals surface area contributed by atoms with Gasteiger partial charge in [-0.2, -0.15) is 0 Å². The lowest BCUT2D eigenvalue weighted by atomic mass is 9.92. The topological polar surface area (TPSA) is 34.9 Å². The van der Waals surface area contributed by atoms with E-state index in [2.05, 4.69) is 25.8 Å². The summed E-state index contributed by atoms with van der Waals surface area (Å²) in [4.78, 5) is 15.7. The summed E-state index contributed by atoms with van der Waals surface area (Å²) in [6, 6.07) is 0. The standard InChI is InChI=1S/C10H14ClIN2O/c1-10(2,3)4-5-14-6-13-8(11)7(12)9(14)15/h6H,4-5H2,1-3H3. The van der Waals surface area contributed by atoms with Crippen molar-refractivity contribution in [3.8, 4) is 0 Å². The molecule has 84 valence electrons. The van der Waals surface area contributed by atoms with Gasteiger partial charge in [0.15, 0.2) is 0 Å².